The van der Waals surface area contributed by atoms with Crippen LogP contribution in [0, 0.1) is 0 Å². The van der Waals surface area contributed by atoms with E-state index in [2.05, 4.69) is 15.9 Å². The third-order valence-electron chi connectivity index (χ3n) is 1.94. The van der Waals surface area contributed by atoms with Crippen LogP contribution in [0.25, 0.3) is 0 Å². The molecule has 1 heterocycles. The minimum Gasteiger partial charge on any atom is -0.493 e. The molecule has 0 bridgehead atoms. The predicted octanol–water partition coefficient (Wildman–Crippen LogP) is 2.97. The molecular formula is C10H11BrO3. The molecule has 1 aromatic carbocycles. The van der Waals surface area contributed by atoms with Gasteiger partial charge in [0.1, 0.15) is 0 Å². The molecule has 0 amide bonds. The summed E-state index contributed by atoms with van der Waals surface area (Å²) in [6.07, 6.45) is 0. The van der Waals surface area contributed by atoms with E-state index in [4.69, 9.17) is 14.2 Å². The van der Waals surface area contributed by atoms with E-state index in [1.165, 1.54) is 0 Å². The van der Waals surface area contributed by atoms with Crippen molar-refractivity contribution < 1.29 is 14.2 Å². The average Bonchev–Trinajstić information content (AvgIpc) is 2.42. The summed E-state index contributed by atoms with van der Waals surface area (Å²) < 4.78 is 17.3. The lowest BCUT2D eigenvalue weighted by Gasteiger charge is -2.16. The van der Waals surface area contributed by atoms with Crippen LogP contribution in [0.4, 0.5) is 0 Å². The largest absolute Gasteiger partial charge is 0.493 e. The number of benzene rings is 1. The second-order valence-electron chi connectivity index (χ2n) is 3.51. The highest BCUT2D eigenvalue weighted by Crippen LogP contribution is 2.49. The zero-order valence-corrected chi connectivity index (χ0v) is 9.84. The van der Waals surface area contributed by atoms with Crippen LogP contribution in [-0.4, -0.2) is 12.9 Å². The molecule has 0 fully saturated rings. The lowest BCUT2D eigenvalue weighted by atomic mass is 10.3. The van der Waals surface area contributed by atoms with Gasteiger partial charge in [0.25, 0.3) is 0 Å². The maximum Gasteiger partial charge on any atom is 0.246 e. The molecule has 1 aliphatic rings. The highest BCUT2D eigenvalue weighted by Gasteiger charge is 2.35. The lowest BCUT2D eigenvalue weighted by Crippen LogP contribution is -2.29. The van der Waals surface area contributed by atoms with Gasteiger partial charge in [-0.05, 0) is 28.1 Å². The Morgan fingerprint density at radius 2 is 1.86 bits per heavy atom. The molecule has 14 heavy (non-hydrogen) atoms. The van der Waals surface area contributed by atoms with Crippen LogP contribution in [0.1, 0.15) is 13.8 Å². The van der Waals surface area contributed by atoms with E-state index in [1.807, 2.05) is 26.0 Å². The van der Waals surface area contributed by atoms with Crippen LogP contribution in [0.2, 0.25) is 0 Å². The van der Waals surface area contributed by atoms with Crippen LogP contribution in [0.3, 0.4) is 0 Å². The van der Waals surface area contributed by atoms with Crippen LogP contribution >= 0.6 is 15.9 Å². The molecule has 1 aliphatic heterocycles. The fourth-order valence-electron chi connectivity index (χ4n) is 1.39. The van der Waals surface area contributed by atoms with Gasteiger partial charge in [-0.2, -0.15) is 0 Å². The Labute approximate surface area is 91.1 Å². The molecule has 3 nitrogen and oxygen atoms in total. The minimum atomic E-state index is -0.626. The van der Waals surface area contributed by atoms with Crippen molar-refractivity contribution in [1.29, 1.82) is 0 Å². The van der Waals surface area contributed by atoms with E-state index in [1.54, 1.807) is 7.11 Å². The van der Waals surface area contributed by atoms with E-state index >= 15 is 0 Å². The van der Waals surface area contributed by atoms with Gasteiger partial charge < -0.3 is 14.2 Å². The van der Waals surface area contributed by atoms with Gasteiger partial charge in [-0.25, -0.2) is 0 Å². The standard InChI is InChI=1S/C10H11BrO3/c1-10(2)13-8-6(11)4-5-7(12-3)9(8)14-10/h4-5H,1-3H3. The van der Waals surface area contributed by atoms with Crippen LogP contribution in [0.5, 0.6) is 17.2 Å². The van der Waals surface area contributed by atoms with Crippen molar-refractivity contribution in [1.82, 2.24) is 0 Å². The SMILES string of the molecule is COc1ccc(Br)c2c1OC(C)(C)O2. The molecule has 0 aromatic heterocycles. The van der Waals surface area contributed by atoms with E-state index in [0.717, 1.165) is 4.47 Å². The van der Waals surface area contributed by atoms with Gasteiger partial charge in [-0.1, -0.05) is 0 Å². The van der Waals surface area contributed by atoms with E-state index in [-0.39, 0.29) is 0 Å². The minimum absolute atomic E-state index is 0.626. The van der Waals surface area contributed by atoms with Crippen molar-refractivity contribution in [2.45, 2.75) is 19.6 Å². The van der Waals surface area contributed by atoms with Gasteiger partial charge in [0, 0.05) is 13.8 Å². The number of halogens is 1. The Hall–Kier alpha value is -0.900. The van der Waals surface area contributed by atoms with E-state index in [9.17, 15) is 0 Å². The molecule has 0 spiro atoms. The second kappa shape index (κ2) is 3.05. The van der Waals surface area contributed by atoms with Crippen molar-refractivity contribution in [3.8, 4) is 17.2 Å². The molecule has 0 N–H and O–H groups in total. The third-order valence-corrected chi connectivity index (χ3v) is 2.57. The fraction of sp³-hybridized carbons (Fsp3) is 0.400. The summed E-state index contributed by atoms with van der Waals surface area (Å²) in [7, 11) is 1.61. The first-order chi connectivity index (χ1) is 6.53. The summed E-state index contributed by atoms with van der Waals surface area (Å²) in [6.45, 7) is 3.72. The molecule has 1 aromatic rings. The predicted molar refractivity (Wildman–Crippen MR) is 56.0 cm³/mol. The Morgan fingerprint density at radius 3 is 2.50 bits per heavy atom. The van der Waals surface area contributed by atoms with Gasteiger partial charge in [0.15, 0.2) is 11.5 Å². The summed E-state index contributed by atoms with van der Waals surface area (Å²) in [5.74, 6) is 1.43. The van der Waals surface area contributed by atoms with Gasteiger partial charge in [-0.15, -0.1) is 0 Å². The van der Waals surface area contributed by atoms with Crippen molar-refractivity contribution in [3.05, 3.63) is 16.6 Å². The fourth-order valence-corrected chi connectivity index (χ4v) is 1.78. The van der Waals surface area contributed by atoms with Crippen LogP contribution < -0.4 is 14.2 Å². The maximum atomic E-state index is 5.62. The average molecular weight is 259 g/mol. The second-order valence-corrected chi connectivity index (χ2v) is 4.37. The molecule has 0 saturated heterocycles. The van der Waals surface area contributed by atoms with Crippen LogP contribution in [0.15, 0.2) is 16.6 Å². The molecule has 0 aliphatic carbocycles. The Morgan fingerprint density at radius 1 is 1.21 bits per heavy atom. The number of methoxy groups -OCH3 is 1. The number of rotatable bonds is 1. The van der Waals surface area contributed by atoms with Crippen LogP contribution in [-0.2, 0) is 0 Å². The van der Waals surface area contributed by atoms with Gasteiger partial charge >= 0.3 is 0 Å². The number of hydrogen-bond acceptors (Lipinski definition) is 3. The third kappa shape index (κ3) is 1.43. The zero-order chi connectivity index (χ0) is 10.3. The topological polar surface area (TPSA) is 27.7 Å². The zero-order valence-electron chi connectivity index (χ0n) is 8.26. The quantitative estimate of drug-likeness (QED) is 0.776. The summed E-state index contributed by atoms with van der Waals surface area (Å²) in [5, 5.41) is 0. The number of hydrogen-bond donors (Lipinski definition) is 0. The molecule has 0 atom stereocenters. The molecule has 0 unspecified atom stereocenters. The first kappa shape index (κ1) is 9.65. The summed E-state index contributed by atoms with van der Waals surface area (Å²) in [4.78, 5) is 0. The first-order valence-electron chi connectivity index (χ1n) is 4.28. The smallest absolute Gasteiger partial charge is 0.246 e. The molecule has 0 radical (unpaired) electrons. The number of fused-ring (bicyclic) bond motifs is 1. The summed E-state index contributed by atoms with van der Waals surface area (Å²) >= 11 is 3.40. The molecule has 2 rings (SSSR count). The normalized spacial score (nSPS) is 16.9. The number of ether oxygens (including phenoxy) is 3. The maximum absolute atomic E-state index is 5.62. The molecule has 4 heteroatoms. The highest BCUT2D eigenvalue weighted by molar-refractivity contribution is 9.10. The Balaban J connectivity index is 2.53. The van der Waals surface area contributed by atoms with Gasteiger partial charge in [0.05, 0.1) is 11.6 Å². The molecule has 76 valence electrons. The Bertz CT molecular complexity index is 374. The first-order valence-corrected chi connectivity index (χ1v) is 5.07. The molecule has 0 saturated carbocycles. The van der Waals surface area contributed by atoms with Crippen molar-refractivity contribution in [3.63, 3.8) is 0 Å². The van der Waals surface area contributed by atoms with Crippen molar-refractivity contribution in [2.24, 2.45) is 0 Å². The highest BCUT2D eigenvalue weighted by atomic mass is 79.9. The van der Waals surface area contributed by atoms with E-state index < -0.39 is 5.79 Å². The summed E-state index contributed by atoms with van der Waals surface area (Å²) in [6, 6.07) is 3.72. The lowest BCUT2D eigenvalue weighted by molar-refractivity contribution is -0.0442. The van der Waals surface area contributed by atoms with Crippen molar-refractivity contribution in [2.75, 3.05) is 7.11 Å². The van der Waals surface area contributed by atoms with Gasteiger partial charge in [0.2, 0.25) is 11.5 Å². The van der Waals surface area contributed by atoms with Gasteiger partial charge in [-0.3, -0.25) is 0 Å². The van der Waals surface area contributed by atoms with Crippen molar-refractivity contribution >= 4 is 15.9 Å². The Kier molecular flexibility index (Phi) is 2.10. The molecular weight excluding hydrogens is 248 g/mol. The monoisotopic (exact) mass is 258 g/mol. The summed E-state index contributed by atoms with van der Waals surface area (Å²) in [5.41, 5.74) is 0. The van der Waals surface area contributed by atoms with E-state index in [0.29, 0.717) is 17.2 Å².